The molecule has 3 unspecified atom stereocenters. The largest absolute Gasteiger partial charge is 0.494 e. The second-order valence-corrected chi connectivity index (χ2v) is 7.37. The summed E-state index contributed by atoms with van der Waals surface area (Å²) in [6.07, 6.45) is 1.20. The molecule has 1 amide bonds. The van der Waals surface area contributed by atoms with Crippen molar-refractivity contribution < 1.29 is 19.4 Å². The first-order valence-corrected chi connectivity index (χ1v) is 9.77. The van der Waals surface area contributed by atoms with E-state index in [1.54, 1.807) is 0 Å². The second-order valence-electron chi connectivity index (χ2n) is 7.37. The average Bonchev–Trinajstić information content (AvgIpc) is 3.47. The third kappa shape index (κ3) is 4.91. The zero-order valence-electron chi connectivity index (χ0n) is 16.4. The monoisotopic (exact) mass is 381 g/mol. The van der Waals surface area contributed by atoms with E-state index >= 15 is 0 Å². The molecule has 1 aliphatic rings. The minimum Gasteiger partial charge on any atom is -0.494 e. The average molecular weight is 381 g/mol. The molecule has 2 N–H and O–H groups in total. The highest BCUT2D eigenvalue weighted by Crippen LogP contribution is 2.48. The minimum absolute atomic E-state index is 0.0498. The topological polar surface area (TPSA) is 75.6 Å². The SMILES string of the molecule is CCOc1ccc(CC(CNC(=O)C2CC2c2ccccc2C)C(=O)O)cc1. The maximum atomic E-state index is 12.5. The Morgan fingerprint density at radius 1 is 1.18 bits per heavy atom. The van der Waals surface area contributed by atoms with Gasteiger partial charge in [-0.15, -0.1) is 0 Å². The highest BCUT2D eigenvalue weighted by atomic mass is 16.5. The Hall–Kier alpha value is -2.82. The van der Waals surface area contributed by atoms with Gasteiger partial charge in [0.15, 0.2) is 0 Å². The lowest BCUT2D eigenvalue weighted by Crippen LogP contribution is -2.35. The Balaban J connectivity index is 1.53. The van der Waals surface area contributed by atoms with Crippen LogP contribution in [0.5, 0.6) is 5.75 Å². The number of ether oxygens (including phenoxy) is 1. The van der Waals surface area contributed by atoms with Crippen LogP contribution in [0.3, 0.4) is 0 Å². The summed E-state index contributed by atoms with van der Waals surface area (Å²) in [7, 11) is 0. The van der Waals surface area contributed by atoms with E-state index < -0.39 is 11.9 Å². The number of carbonyl (C=O) groups excluding carboxylic acids is 1. The summed E-state index contributed by atoms with van der Waals surface area (Å²) in [5.74, 6) is -0.650. The number of hydrogen-bond acceptors (Lipinski definition) is 3. The molecule has 2 aromatic rings. The number of benzene rings is 2. The first-order chi connectivity index (χ1) is 13.5. The predicted octanol–water partition coefficient (Wildman–Crippen LogP) is 3.56. The summed E-state index contributed by atoms with van der Waals surface area (Å²) < 4.78 is 5.41. The zero-order valence-corrected chi connectivity index (χ0v) is 16.4. The van der Waals surface area contributed by atoms with Crippen LogP contribution in [-0.2, 0) is 16.0 Å². The van der Waals surface area contributed by atoms with Crippen LogP contribution in [0.2, 0.25) is 0 Å². The Labute approximate surface area is 165 Å². The Kier molecular flexibility index (Phi) is 6.34. The van der Waals surface area contributed by atoms with Crippen LogP contribution in [0, 0.1) is 18.8 Å². The van der Waals surface area contributed by atoms with Gasteiger partial charge in [-0.3, -0.25) is 9.59 Å². The van der Waals surface area contributed by atoms with Crippen molar-refractivity contribution in [3.63, 3.8) is 0 Å². The van der Waals surface area contributed by atoms with Crippen molar-refractivity contribution >= 4 is 11.9 Å². The molecule has 3 rings (SSSR count). The van der Waals surface area contributed by atoms with Crippen molar-refractivity contribution in [1.29, 1.82) is 0 Å². The molecule has 3 atom stereocenters. The van der Waals surface area contributed by atoms with Crippen molar-refractivity contribution in [3.05, 3.63) is 65.2 Å². The maximum Gasteiger partial charge on any atom is 0.308 e. The van der Waals surface area contributed by atoms with Gasteiger partial charge in [0, 0.05) is 12.5 Å². The van der Waals surface area contributed by atoms with Gasteiger partial charge < -0.3 is 15.2 Å². The van der Waals surface area contributed by atoms with Gasteiger partial charge in [0.2, 0.25) is 5.91 Å². The number of amides is 1. The van der Waals surface area contributed by atoms with Crippen LogP contribution in [0.4, 0.5) is 0 Å². The van der Waals surface area contributed by atoms with E-state index in [0.29, 0.717) is 13.0 Å². The molecule has 1 fully saturated rings. The van der Waals surface area contributed by atoms with E-state index in [1.807, 2.05) is 43.3 Å². The Bertz CT molecular complexity index is 831. The van der Waals surface area contributed by atoms with E-state index in [9.17, 15) is 14.7 Å². The summed E-state index contributed by atoms with van der Waals surface area (Å²) in [4.78, 5) is 24.1. The van der Waals surface area contributed by atoms with E-state index in [4.69, 9.17) is 4.74 Å². The molecule has 0 aliphatic heterocycles. The van der Waals surface area contributed by atoms with Crippen molar-refractivity contribution in [2.45, 2.75) is 32.6 Å². The van der Waals surface area contributed by atoms with Crippen LogP contribution < -0.4 is 10.1 Å². The number of aryl methyl sites for hydroxylation is 1. The Morgan fingerprint density at radius 3 is 2.54 bits per heavy atom. The normalized spacial score (nSPS) is 18.9. The minimum atomic E-state index is -0.902. The van der Waals surface area contributed by atoms with Crippen molar-refractivity contribution in [2.75, 3.05) is 13.2 Å². The fourth-order valence-corrected chi connectivity index (χ4v) is 3.61. The number of carbonyl (C=O) groups is 2. The standard InChI is InChI=1S/C23H27NO4/c1-3-28-18-10-8-16(9-11-18)12-17(23(26)27)14-24-22(25)21-13-20(21)19-7-5-4-6-15(19)2/h4-11,17,20-21H,3,12-14H2,1-2H3,(H,24,25)(H,26,27). The van der Waals surface area contributed by atoms with E-state index in [2.05, 4.69) is 24.4 Å². The van der Waals surface area contributed by atoms with Crippen LogP contribution in [0.1, 0.15) is 36.0 Å². The van der Waals surface area contributed by atoms with Gasteiger partial charge >= 0.3 is 5.97 Å². The van der Waals surface area contributed by atoms with Crippen molar-refractivity contribution in [2.24, 2.45) is 11.8 Å². The van der Waals surface area contributed by atoms with Gasteiger partial charge in [-0.1, -0.05) is 36.4 Å². The third-order valence-corrected chi connectivity index (χ3v) is 5.30. The van der Waals surface area contributed by atoms with Crippen molar-refractivity contribution in [1.82, 2.24) is 5.32 Å². The lowest BCUT2D eigenvalue weighted by Gasteiger charge is -2.14. The molecule has 0 spiro atoms. The van der Waals surface area contributed by atoms with Gasteiger partial charge in [-0.25, -0.2) is 0 Å². The molecule has 5 nitrogen and oxygen atoms in total. The summed E-state index contributed by atoms with van der Waals surface area (Å²) in [6, 6.07) is 15.5. The summed E-state index contributed by atoms with van der Waals surface area (Å²) in [6.45, 7) is 4.70. The van der Waals surface area contributed by atoms with Crippen LogP contribution >= 0.6 is 0 Å². The zero-order chi connectivity index (χ0) is 20.1. The van der Waals surface area contributed by atoms with E-state index in [1.165, 1.54) is 11.1 Å². The van der Waals surface area contributed by atoms with Gasteiger partial charge in [-0.2, -0.15) is 0 Å². The molecular formula is C23H27NO4. The summed E-state index contributed by atoms with van der Waals surface area (Å²) in [5, 5.41) is 12.4. The number of carboxylic acids is 1. The summed E-state index contributed by atoms with van der Waals surface area (Å²) >= 11 is 0. The number of aliphatic carboxylic acids is 1. The van der Waals surface area contributed by atoms with Gasteiger partial charge in [-0.05, 0) is 61.4 Å². The van der Waals surface area contributed by atoms with E-state index in [-0.39, 0.29) is 24.3 Å². The third-order valence-electron chi connectivity index (χ3n) is 5.30. The number of rotatable bonds is 9. The second kappa shape index (κ2) is 8.91. The molecular weight excluding hydrogens is 354 g/mol. The predicted molar refractivity (Wildman–Crippen MR) is 107 cm³/mol. The molecule has 1 saturated carbocycles. The number of hydrogen-bond donors (Lipinski definition) is 2. The van der Waals surface area contributed by atoms with Gasteiger partial charge in [0.05, 0.1) is 12.5 Å². The van der Waals surface area contributed by atoms with Gasteiger partial charge in [0.1, 0.15) is 5.75 Å². The fourth-order valence-electron chi connectivity index (χ4n) is 3.61. The molecule has 1 aliphatic carbocycles. The van der Waals surface area contributed by atoms with Gasteiger partial charge in [0.25, 0.3) is 0 Å². The molecule has 5 heteroatoms. The first-order valence-electron chi connectivity index (χ1n) is 9.77. The molecule has 2 aromatic carbocycles. The lowest BCUT2D eigenvalue weighted by atomic mass is 9.99. The van der Waals surface area contributed by atoms with Crippen LogP contribution in [-0.4, -0.2) is 30.1 Å². The number of carboxylic acid groups (broad SMARTS) is 1. The quantitative estimate of drug-likeness (QED) is 0.696. The molecule has 0 saturated heterocycles. The molecule has 0 aromatic heterocycles. The highest BCUT2D eigenvalue weighted by Gasteiger charge is 2.44. The first kappa shape index (κ1) is 19.9. The van der Waals surface area contributed by atoms with Crippen molar-refractivity contribution in [3.8, 4) is 5.75 Å². The van der Waals surface area contributed by atoms with Crippen LogP contribution in [0.25, 0.3) is 0 Å². The lowest BCUT2D eigenvalue weighted by molar-refractivity contribution is -0.141. The summed E-state index contributed by atoms with van der Waals surface area (Å²) in [5.41, 5.74) is 3.32. The molecule has 0 bridgehead atoms. The fraction of sp³-hybridized carbons (Fsp3) is 0.391. The molecule has 148 valence electrons. The van der Waals surface area contributed by atoms with Crippen LogP contribution in [0.15, 0.2) is 48.5 Å². The van der Waals surface area contributed by atoms with E-state index in [0.717, 1.165) is 17.7 Å². The molecule has 28 heavy (non-hydrogen) atoms. The smallest absolute Gasteiger partial charge is 0.308 e. The Morgan fingerprint density at radius 2 is 1.89 bits per heavy atom. The highest BCUT2D eigenvalue weighted by molar-refractivity contribution is 5.83. The molecule has 0 radical (unpaired) electrons. The maximum absolute atomic E-state index is 12.5. The number of nitrogens with one attached hydrogen (secondary N) is 1. The molecule has 0 heterocycles.